The number of anilines is 1. The van der Waals surface area contributed by atoms with Crippen LogP contribution < -0.4 is 9.62 Å². The van der Waals surface area contributed by atoms with Crippen molar-refractivity contribution in [1.29, 1.82) is 0 Å². The van der Waals surface area contributed by atoms with E-state index in [4.69, 9.17) is 11.6 Å². The van der Waals surface area contributed by atoms with E-state index in [2.05, 4.69) is 19.2 Å². The lowest BCUT2D eigenvalue weighted by atomic mass is 10.0. The summed E-state index contributed by atoms with van der Waals surface area (Å²) in [6.07, 6.45) is 1.94. The van der Waals surface area contributed by atoms with E-state index < -0.39 is 28.5 Å². The number of benzene rings is 4. The van der Waals surface area contributed by atoms with Crippen LogP contribution >= 0.6 is 11.6 Å². The molecule has 0 aromatic heterocycles. The zero-order valence-corrected chi connectivity index (χ0v) is 28.2. The van der Waals surface area contributed by atoms with Gasteiger partial charge in [0.05, 0.1) is 10.6 Å². The van der Waals surface area contributed by atoms with Crippen molar-refractivity contribution < 1.29 is 18.0 Å². The van der Waals surface area contributed by atoms with Crippen LogP contribution in [0.15, 0.2) is 114 Å². The Morgan fingerprint density at radius 3 is 2.07 bits per heavy atom. The molecule has 0 saturated carbocycles. The van der Waals surface area contributed by atoms with Gasteiger partial charge in [-0.3, -0.25) is 13.9 Å². The fourth-order valence-corrected chi connectivity index (χ4v) is 6.81. The van der Waals surface area contributed by atoms with Gasteiger partial charge in [0.1, 0.15) is 12.6 Å². The van der Waals surface area contributed by atoms with Crippen LogP contribution in [-0.2, 0) is 32.6 Å². The molecular formula is C37H42ClN3O4S. The number of unbranched alkanes of at least 4 members (excludes halogenated alkanes) is 1. The molecule has 0 radical (unpaired) electrons. The summed E-state index contributed by atoms with van der Waals surface area (Å²) >= 11 is 6.32. The van der Waals surface area contributed by atoms with Crippen LogP contribution in [0, 0.1) is 0 Å². The summed E-state index contributed by atoms with van der Waals surface area (Å²) in [7, 11) is -4.15. The third-order valence-electron chi connectivity index (χ3n) is 7.80. The molecule has 0 saturated heterocycles. The second kappa shape index (κ2) is 16.4. The SMILES string of the molecule is CCCCNC(=O)C(Cc1ccccc1)N(Cc1cccc(Cl)c1)C(=O)CN(c1ccc(C(C)C)cc1)S(=O)(=O)c1ccccc1. The minimum absolute atomic E-state index is 0.0591. The second-order valence-corrected chi connectivity index (χ2v) is 13.9. The Morgan fingerprint density at radius 1 is 0.826 bits per heavy atom. The quantitative estimate of drug-likeness (QED) is 0.137. The van der Waals surface area contributed by atoms with Gasteiger partial charge in [-0.15, -0.1) is 0 Å². The van der Waals surface area contributed by atoms with E-state index in [0.29, 0.717) is 17.3 Å². The number of nitrogens with one attached hydrogen (secondary N) is 1. The maximum atomic E-state index is 14.5. The monoisotopic (exact) mass is 659 g/mol. The van der Waals surface area contributed by atoms with Crippen molar-refractivity contribution in [2.75, 3.05) is 17.4 Å². The third-order valence-corrected chi connectivity index (χ3v) is 9.82. The normalized spacial score (nSPS) is 12.0. The first kappa shape index (κ1) is 34.7. The molecule has 1 unspecified atom stereocenters. The number of carbonyl (C=O) groups excluding carboxylic acids is 2. The van der Waals surface area contributed by atoms with Crippen LogP contribution in [-0.4, -0.2) is 44.3 Å². The van der Waals surface area contributed by atoms with E-state index in [1.165, 1.54) is 17.0 Å². The lowest BCUT2D eigenvalue weighted by Gasteiger charge is -2.34. The number of halogens is 1. The van der Waals surface area contributed by atoms with Crippen LogP contribution in [0.2, 0.25) is 5.02 Å². The van der Waals surface area contributed by atoms with Gasteiger partial charge in [0.2, 0.25) is 11.8 Å². The summed E-state index contributed by atoms with van der Waals surface area (Å²) in [5, 5.41) is 3.50. The first-order chi connectivity index (χ1) is 22.1. The Labute approximate surface area is 278 Å². The van der Waals surface area contributed by atoms with Gasteiger partial charge in [-0.25, -0.2) is 8.42 Å². The van der Waals surface area contributed by atoms with Crippen LogP contribution in [0.1, 0.15) is 56.2 Å². The molecule has 4 rings (SSSR count). The minimum Gasteiger partial charge on any atom is -0.354 e. The molecule has 0 heterocycles. The van der Waals surface area contributed by atoms with E-state index in [1.807, 2.05) is 55.5 Å². The molecule has 0 aliphatic rings. The van der Waals surface area contributed by atoms with Crippen molar-refractivity contribution in [3.8, 4) is 0 Å². The number of hydrogen-bond donors (Lipinski definition) is 1. The maximum absolute atomic E-state index is 14.5. The zero-order chi connectivity index (χ0) is 33.1. The largest absolute Gasteiger partial charge is 0.354 e. The Kier molecular flexibility index (Phi) is 12.4. The summed E-state index contributed by atoms with van der Waals surface area (Å²) in [4.78, 5) is 29.9. The summed E-state index contributed by atoms with van der Waals surface area (Å²) in [5.74, 6) is -0.571. The van der Waals surface area contributed by atoms with Gasteiger partial charge >= 0.3 is 0 Å². The van der Waals surface area contributed by atoms with E-state index in [1.54, 1.807) is 48.5 Å². The van der Waals surface area contributed by atoms with Gasteiger partial charge in [0.25, 0.3) is 10.0 Å². The molecule has 4 aromatic rings. The highest BCUT2D eigenvalue weighted by Crippen LogP contribution is 2.27. The molecule has 0 fully saturated rings. The number of rotatable bonds is 15. The number of sulfonamides is 1. The van der Waals surface area contributed by atoms with E-state index in [-0.39, 0.29) is 29.7 Å². The van der Waals surface area contributed by atoms with Crippen molar-refractivity contribution >= 4 is 39.1 Å². The lowest BCUT2D eigenvalue weighted by molar-refractivity contribution is -0.140. The maximum Gasteiger partial charge on any atom is 0.264 e. The van der Waals surface area contributed by atoms with Crippen LogP contribution in [0.5, 0.6) is 0 Å². The van der Waals surface area contributed by atoms with Gasteiger partial charge in [-0.1, -0.05) is 112 Å². The minimum atomic E-state index is -4.15. The van der Waals surface area contributed by atoms with Crippen molar-refractivity contribution in [1.82, 2.24) is 10.2 Å². The average molecular weight is 660 g/mol. The fraction of sp³-hybridized carbons (Fsp3) is 0.297. The molecule has 46 heavy (non-hydrogen) atoms. The summed E-state index contributed by atoms with van der Waals surface area (Å²) in [6, 6.07) is 31.0. The lowest BCUT2D eigenvalue weighted by Crippen LogP contribution is -2.53. The highest BCUT2D eigenvalue weighted by Gasteiger charge is 2.34. The molecule has 7 nitrogen and oxygen atoms in total. The third kappa shape index (κ3) is 9.21. The topological polar surface area (TPSA) is 86.8 Å². The van der Waals surface area contributed by atoms with Crippen molar-refractivity contribution in [2.45, 2.75) is 63.4 Å². The van der Waals surface area contributed by atoms with Crippen molar-refractivity contribution in [3.05, 3.63) is 131 Å². The number of carbonyl (C=O) groups is 2. The predicted octanol–water partition coefficient (Wildman–Crippen LogP) is 7.22. The standard InChI is InChI=1S/C37H42ClN3O4S/c1-4-5-23-39-37(43)35(25-29-13-8-6-9-14-29)40(26-30-15-12-16-32(38)24-30)36(42)27-41(33-21-19-31(20-22-33)28(2)3)46(44,45)34-17-10-7-11-18-34/h6-22,24,28,35H,4-5,23,25-27H2,1-3H3,(H,39,43). The van der Waals surface area contributed by atoms with Crippen LogP contribution in [0.25, 0.3) is 0 Å². The smallest absolute Gasteiger partial charge is 0.264 e. The predicted molar refractivity (Wildman–Crippen MR) is 185 cm³/mol. The number of amides is 2. The summed E-state index contributed by atoms with van der Waals surface area (Å²) < 4.78 is 29.4. The highest BCUT2D eigenvalue weighted by molar-refractivity contribution is 7.92. The molecule has 0 aliphatic carbocycles. The Hall–Kier alpha value is -4.14. The Balaban J connectivity index is 1.79. The molecule has 0 bridgehead atoms. The van der Waals surface area contributed by atoms with Crippen LogP contribution in [0.3, 0.4) is 0 Å². The molecular weight excluding hydrogens is 618 g/mol. The molecule has 9 heteroatoms. The average Bonchev–Trinajstić information content (AvgIpc) is 3.06. The van der Waals surface area contributed by atoms with E-state index in [9.17, 15) is 18.0 Å². The second-order valence-electron chi connectivity index (χ2n) is 11.6. The first-order valence-corrected chi connectivity index (χ1v) is 17.4. The Bertz CT molecular complexity index is 1680. The molecule has 1 N–H and O–H groups in total. The molecule has 1 atom stereocenters. The van der Waals surface area contributed by atoms with Gasteiger partial charge in [-0.05, 0) is 65.4 Å². The molecule has 0 spiro atoms. The van der Waals surface area contributed by atoms with Gasteiger partial charge in [0, 0.05) is 24.5 Å². The molecule has 242 valence electrons. The summed E-state index contributed by atoms with van der Waals surface area (Å²) in [6.45, 7) is 6.18. The van der Waals surface area contributed by atoms with Crippen molar-refractivity contribution in [2.24, 2.45) is 0 Å². The Morgan fingerprint density at radius 2 is 1.46 bits per heavy atom. The van der Waals surface area contributed by atoms with Gasteiger partial charge in [-0.2, -0.15) is 0 Å². The van der Waals surface area contributed by atoms with E-state index in [0.717, 1.165) is 33.8 Å². The van der Waals surface area contributed by atoms with Crippen LogP contribution in [0.4, 0.5) is 5.69 Å². The highest BCUT2D eigenvalue weighted by atomic mass is 35.5. The van der Waals surface area contributed by atoms with Crippen molar-refractivity contribution in [3.63, 3.8) is 0 Å². The zero-order valence-electron chi connectivity index (χ0n) is 26.6. The number of nitrogens with zero attached hydrogens (tertiary/aromatic N) is 2. The summed E-state index contributed by atoms with van der Waals surface area (Å²) in [5.41, 5.74) is 3.00. The van der Waals surface area contributed by atoms with Gasteiger partial charge < -0.3 is 10.2 Å². The molecule has 0 aliphatic heterocycles. The first-order valence-electron chi connectivity index (χ1n) is 15.6. The van der Waals surface area contributed by atoms with Gasteiger partial charge in [0.15, 0.2) is 0 Å². The molecule has 2 amide bonds. The fourth-order valence-electron chi connectivity index (χ4n) is 5.17. The number of hydrogen-bond acceptors (Lipinski definition) is 4. The van der Waals surface area contributed by atoms with E-state index >= 15 is 0 Å². The molecule has 4 aromatic carbocycles.